The summed E-state index contributed by atoms with van der Waals surface area (Å²) in [6.45, 7) is 3.44. The van der Waals surface area contributed by atoms with Crippen LogP contribution in [0.25, 0.3) is 21.9 Å². The van der Waals surface area contributed by atoms with Gasteiger partial charge in [-0.15, -0.1) is 0 Å². The molecule has 174 valence electrons. The molecule has 8 nitrogen and oxygen atoms in total. The molecule has 0 bridgehead atoms. The van der Waals surface area contributed by atoms with E-state index in [9.17, 15) is 22.8 Å². The van der Waals surface area contributed by atoms with E-state index in [1.54, 1.807) is 43.7 Å². The van der Waals surface area contributed by atoms with E-state index in [2.05, 4.69) is 15.4 Å². The van der Waals surface area contributed by atoms with Gasteiger partial charge in [0.05, 0.1) is 40.2 Å². The Morgan fingerprint density at radius 1 is 1.18 bits per heavy atom. The van der Waals surface area contributed by atoms with Crippen molar-refractivity contribution in [3.63, 3.8) is 0 Å². The summed E-state index contributed by atoms with van der Waals surface area (Å²) in [7, 11) is 1.67. The van der Waals surface area contributed by atoms with Crippen LogP contribution in [0, 0.1) is 11.3 Å². The second kappa shape index (κ2) is 8.30. The van der Waals surface area contributed by atoms with Gasteiger partial charge in [0.1, 0.15) is 5.69 Å². The fraction of sp³-hybridized carbons (Fsp3) is 0.261. The maximum Gasteiger partial charge on any atom is 0.416 e. The Balaban J connectivity index is 1.69. The number of fused-ring (bicyclic) bond motifs is 2. The third-order valence-electron chi connectivity index (χ3n) is 5.39. The summed E-state index contributed by atoms with van der Waals surface area (Å²) in [5.74, 6) is -0.347. The number of halogens is 3. The van der Waals surface area contributed by atoms with Crippen LogP contribution in [0.1, 0.15) is 36.7 Å². The maximum absolute atomic E-state index is 13.2. The van der Waals surface area contributed by atoms with Crippen molar-refractivity contribution in [1.29, 1.82) is 5.26 Å². The number of aromatic nitrogens is 4. The van der Waals surface area contributed by atoms with Gasteiger partial charge in [-0.3, -0.25) is 19.6 Å². The minimum atomic E-state index is -4.57. The Bertz CT molecular complexity index is 1540. The Morgan fingerprint density at radius 3 is 2.56 bits per heavy atom. The summed E-state index contributed by atoms with van der Waals surface area (Å²) in [6.07, 6.45) is -4.96. The largest absolute Gasteiger partial charge is 0.416 e. The number of nitrogens with zero attached hydrogens (tertiary/aromatic N) is 5. The molecule has 0 fully saturated rings. The van der Waals surface area contributed by atoms with Gasteiger partial charge in [-0.2, -0.15) is 23.5 Å². The standard InChI is InChI=1S/C23H19F3N6O2/c1-12(2)32-18-9-14(23(24,25)26)5-6-15(18)21(34)17(30-32)10-20(33)29-22-28-16-7-4-13(11-27)8-19(16)31(22)3/h4-9,12H,10H2,1-3H3,(H,28,29,33). The van der Waals surface area contributed by atoms with Gasteiger partial charge in [-0.25, -0.2) is 4.98 Å². The van der Waals surface area contributed by atoms with Crippen LogP contribution >= 0.6 is 0 Å². The highest BCUT2D eigenvalue weighted by molar-refractivity contribution is 5.93. The first-order valence-corrected chi connectivity index (χ1v) is 10.3. The first-order chi connectivity index (χ1) is 16.0. The summed E-state index contributed by atoms with van der Waals surface area (Å²) < 4.78 is 42.4. The van der Waals surface area contributed by atoms with Gasteiger partial charge in [-0.1, -0.05) is 0 Å². The fourth-order valence-electron chi connectivity index (χ4n) is 3.68. The molecule has 0 spiro atoms. The molecular formula is C23H19F3N6O2. The zero-order valence-corrected chi connectivity index (χ0v) is 18.4. The highest BCUT2D eigenvalue weighted by Gasteiger charge is 2.31. The number of alkyl halides is 3. The lowest BCUT2D eigenvalue weighted by atomic mass is 10.1. The minimum absolute atomic E-state index is 0.0441. The molecule has 1 N–H and O–H groups in total. The van der Waals surface area contributed by atoms with Crippen molar-refractivity contribution in [2.45, 2.75) is 32.5 Å². The van der Waals surface area contributed by atoms with E-state index in [0.717, 1.165) is 18.2 Å². The number of nitriles is 1. The predicted molar refractivity (Wildman–Crippen MR) is 119 cm³/mol. The zero-order valence-electron chi connectivity index (χ0n) is 18.4. The molecule has 0 aliphatic rings. The van der Waals surface area contributed by atoms with Gasteiger partial charge >= 0.3 is 6.18 Å². The van der Waals surface area contributed by atoms with Crippen molar-refractivity contribution >= 4 is 33.8 Å². The van der Waals surface area contributed by atoms with Crippen molar-refractivity contribution in [2.24, 2.45) is 7.05 Å². The van der Waals surface area contributed by atoms with Crippen molar-refractivity contribution in [2.75, 3.05) is 5.32 Å². The molecule has 0 radical (unpaired) electrons. The number of carbonyl (C=O) groups excluding carboxylic acids is 1. The van der Waals surface area contributed by atoms with Crippen LogP contribution in [0.5, 0.6) is 0 Å². The van der Waals surface area contributed by atoms with Gasteiger partial charge in [0.2, 0.25) is 17.3 Å². The molecule has 2 aromatic heterocycles. The van der Waals surface area contributed by atoms with Crippen LogP contribution in [-0.2, 0) is 24.4 Å². The first-order valence-electron chi connectivity index (χ1n) is 10.3. The third kappa shape index (κ3) is 4.10. The third-order valence-corrected chi connectivity index (χ3v) is 5.39. The van der Waals surface area contributed by atoms with Crippen molar-refractivity contribution < 1.29 is 18.0 Å². The number of aryl methyl sites for hydroxylation is 1. The molecular weight excluding hydrogens is 449 g/mol. The summed E-state index contributed by atoms with van der Waals surface area (Å²) >= 11 is 0. The Hall–Kier alpha value is -4.20. The van der Waals surface area contributed by atoms with E-state index in [4.69, 9.17) is 5.26 Å². The lowest BCUT2D eigenvalue weighted by molar-refractivity contribution is -0.137. The number of hydrogen-bond donors (Lipinski definition) is 1. The molecule has 0 atom stereocenters. The van der Waals surface area contributed by atoms with E-state index in [-0.39, 0.29) is 28.6 Å². The first kappa shape index (κ1) is 23.0. The van der Waals surface area contributed by atoms with E-state index in [1.807, 2.05) is 6.07 Å². The van der Waals surface area contributed by atoms with E-state index < -0.39 is 29.5 Å². The average Bonchev–Trinajstić information content (AvgIpc) is 3.08. The zero-order chi connectivity index (χ0) is 24.8. The molecule has 0 aliphatic heterocycles. The van der Waals surface area contributed by atoms with Crippen molar-refractivity contribution in [3.05, 3.63) is 63.4 Å². The monoisotopic (exact) mass is 468 g/mol. The summed E-state index contributed by atoms with van der Waals surface area (Å²) in [6, 6.07) is 9.43. The minimum Gasteiger partial charge on any atom is -0.313 e. The number of imidazole rings is 1. The van der Waals surface area contributed by atoms with E-state index >= 15 is 0 Å². The number of hydrogen-bond acceptors (Lipinski definition) is 5. The topological polar surface area (TPSA) is 106 Å². The number of nitrogens with one attached hydrogen (secondary N) is 1. The molecule has 0 aliphatic carbocycles. The van der Waals surface area contributed by atoms with Crippen LogP contribution in [0.2, 0.25) is 0 Å². The quantitative estimate of drug-likeness (QED) is 0.489. The van der Waals surface area contributed by atoms with Crippen LogP contribution in [0.15, 0.2) is 41.2 Å². The smallest absolute Gasteiger partial charge is 0.313 e. The van der Waals surface area contributed by atoms with E-state index in [0.29, 0.717) is 16.6 Å². The number of benzene rings is 2. The second-order valence-corrected chi connectivity index (χ2v) is 8.08. The molecule has 4 aromatic rings. The maximum atomic E-state index is 13.2. The highest BCUT2D eigenvalue weighted by atomic mass is 19.4. The molecule has 0 saturated heterocycles. The SMILES string of the molecule is CC(C)n1nc(CC(=O)Nc2nc3ccc(C#N)cc3n2C)c(=O)c2ccc(C(F)(F)F)cc21. The van der Waals surface area contributed by atoms with Crippen LogP contribution in [0.4, 0.5) is 19.1 Å². The van der Waals surface area contributed by atoms with Gasteiger partial charge in [0.15, 0.2) is 0 Å². The summed E-state index contributed by atoms with van der Waals surface area (Å²) in [5.41, 5.74) is 0.106. The van der Waals surface area contributed by atoms with Crippen LogP contribution < -0.4 is 10.7 Å². The average molecular weight is 468 g/mol. The fourth-order valence-corrected chi connectivity index (χ4v) is 3.68. The van der Waals surface area contributed by atoms with Gasteiger partial charge in [0, 0.05) is 18.5 Å². The predicted octanol–water partition coefficient (Wildman–Crippen LogP) is 3.94. The summed E-state index contributed by atoms with van der Waals surface area (Å²) in [4.78, 5) is 30.0. The number of amides is 1. The van der Waals surface area contributed by atoms with Crippen molar-refractivity contribution in [3.8, 4) is 6.07 Å². The molecule has 11 heteroatoms. The highest BCUT2D eigenvalue weighted by Crippen LogP contribution is 2.31. The molecule has 4 rings (SSSR count). The molecule has 2 aromatic carbocycles. The number of rotatable bonds is 4. The molecule has 1 amide bonds. The molecule has 2 heterocycles. The normalized spacial score (nSPS) is 11.8. The Labute approximate surface area is 191 Å². The summed E-state index contributed by atoms with van der Waals surface area (Å²) in [5, 5.41) is 16.0. The molecule has 0 saturated carbocycles. The Morgan fingerprint density at radius 2 is 1.91 bits per heavy atom. The molecule has 0 unspecified atom stereocenters. The Kier molecular flexibility index (Phi) is 5.61. The van der Waals surface area contributed by atoms with Gasteiger partial charge < -0.3 is 4.57 Å². The molecule has 34 heavy (non-hydrogen) atoms. The lowest BCUT2D eigenvalue weighted by Gasteiger charge is -2.16. The lowest BCUT2D eigenvalue weighted by Crippen LogP contribution is -2.26. The van der Waals surface area contributed by atoms with Gasteiger partial charge in [-0.05, 0) is 50.2 Å². The van der Waals surface area contributed by atoms with Crippen LogP contribution in [0.3, 0.4) is 0 Å². The van der Waals surface area contributed by atoms with Crippen LogP contribution in [-0.4, -0.2) is 25.2 Å². The number of carbonyl (C=O) groups is 1. The number of anilines is 1. The second-order valence-electron chi connectivity index (χ2n) is 8.08. The van der Waals surface area contributed by atoms with Crippen molar-refractivity contribution in [1.82, 2.24) is 19.3 Å². The van der Waals surface area contributed by atoms with E-state index in [1.165, 1.54) is 4.68 Å². The van der Waals surface area contributed by atoms with Gasteiger partial charge in [0.25, 0.3) is 0 Å².